The smallest absolute Gasteiger partial charge is 0.315 e. The van der Waals surface area contributed by atoms with E-state index in [1.807, 2.05) is 12.1 Å². The minimum Gasteiger partial charge on any atom is -0.334 e. The van der Waals surface area contributed by atoms with Gasteiger partial charge in [-0.25, -0.2) is 0 Å². The lowest BCUT2D eigenvalue weighted by molar-refractivity contribution is 0.101. The number of benzene rings is 2. The number of carbonyl (C=O) groups is 1. The van der Waals surface area contributed by atoms with Gasteiger partial charge in [-0.15, -0.1) is 10.2 Å². The molecule has 0 unspecified atom stereocenters. The van der Waals surface area contributed by atoms with Crippen LogP contribution in [0.1, 0.15) is 22.8 Å². The molecule has 0 spiro atoms. The summed E-state index contributed by atoms with van der Waals surface area (Å²) in [4.78, 5) is 23.7. The highest BCUT2D eigenvalue weighted by atomic mass is 35.5. The van der Waals surface area contributed by atoms with Gasteiger partial charge in [-0.3, -0.25) is 9.59 Å². The number of halogens is 1. The summed E-state index contributed by atoms with van der Waals surface area (Å²) in [5.41, 5.74) is 1.70. The van der Waals surface area contributed by atoms with Crippen LogP contribution in [0.2, 0.25) is 5.02 Å². The molecule has 0 aliphatic heterocycles. The van der Waals surface area contributed by atoms with Crippen molar-refractivity contribution in [2.75, 3.05) is 11.2 Å². The molecule has 0 atom stereocenters. The van der Waals surface area contributed by atoms with Crippen LogP contribution in [0.5, 0.6) is 0 Å². The van der Waals surface area contributed by atoms with Crippen molar-refractivity contribution in [3.63, 3.8) is 0 Å². The van der Waals surface area contributed by atoms with Crippen LogP contribution in [0, 0.1) is 0 Å². The van der Waals surface area contributed by atoms with Crippen LogP contribution < -0.4 is 16.7 Å². The highest BCUT2D eigenvalue weighted by Crippen LogP contribution is 2.20. The Morgan fingerprint density at radius 3 is 2.44 bits per heavy atom. The molecule has 0 saturated carbocycles. The number of nitrogens with one attached hydrogen (secondary N) is 1. The van der Waals surface area contributed by atoms with E-state index in [-0.39, 0.29) is 11.6 Å². The lowest BCUT2D eigenvalue weighted by Crippen LogP contribution is -2.32. The summed E-state index contributed by atoms with van der Waals surface area (Å²) < 4.78 is 0.958. The van der Waals surface area contributed by atoms with Crippen molar-refractivity contribution in [1.29, 1.82) is 0 Å². The van der Waals surface area contributed by atoms with Gasteiger partial charge in [0.05, 0.1) is 0 Å². The number of thioether (sulfide) groups is 1. The fraction of sp³-hybridized carbons (Fsp3) is 0.111. The highest BCUT2D eigenvalue weighted by molar-refractivity contribution is 7.98. The lowest BCUT2D eigenvalue weighted by Gasteiger charge is -2.09. The zero-order valence-corrected chi connectivity index (χ0v) is 15.9. The third-order valence-corrected chi connectivity index (χ3v) is 4.96. The van der Waals surface area contributed by atoms with Crippen LogP contribution in [0.25, 0.3) is 0 Å². The fourth-order valence-electron chi connectivity index (χ4n) is 2.22. The molecule has 3 aromatic rings. The van der Waals surface area contributed by atoms with Gasteiger partial charge in [0.1, 0.15) is 0 Å². The Kier molecular flexibility index (Phi) is 5.78. The number of anilines is 2. The topological polar surface area (TPSA) is 103 Å². The second kappa shape index (κ2) is 8.24. The number of Topliss-reactive ketones (excluding diaryl/α,β-unsaturated/α-hetero) is 1. The second-order valence-electron chi connectivity index (χ2n) is 5.68. The van der Waals surface area contributed by atoms with E-state index in [0.29, 0.717) is 27.2 Å². The van der Waals surface area contributed by atoms with E-state index in [4.69, 9.17) is 17.4 Å². The predicted octanol–water partition coefficient (Wildman–Crippen LogP) is 3.24. The van der Waals surface area contributed by atoms with Gasteiger partial charge in [0.15, 0.2) is 5.78 Å². The van der Waals surface area contributed by atoms with Gasteiger partial charge in [0, 0.05) is 22.0 Å². The van der Waals surface area contributed by atoms with Crippen molar-refractivity contribution in [3.05, 3.63) is 75.0 Å². The summed E-state index contributed by atoms with van der Waals surface area (Å²) in [7, 11) is 0. The molecule has 0 aliphatic rings. The Morgan fingerprint density at radius 2 is 1.81 bits per heavy atom. The summed E-state index contributed by atoms with van der Waals surface area (Å²) in [5.74, 6) is 6.40. The van der Waals surface area contributed by atoms with Crippen molar-refractivity contribution in [1.82, 2.24) is 14.9 Å². The first-order valence-corrected chi connectivity index (χ1v) is 9.30. The maximum absolute atomic E-state index is 12.4. The molecule has 0 aliphatic carbocycles. The number of ketones is 1. The number of nitrogens with zero attached hydrogens (tertiary/aromatic N) is 3. The van der Waals surface area contributed by atoms with Crippen molar-refractivity contribution < 1.29 is 4.79 Å². The van der Waals surface area contributed by atoms with Crippen molar-refractivity contribution in [2.24, 2.45) is 0 Å². The molecule has 2 aromatic carbocycles. The summed E-state index contributed by atoms with van der Waals surface area (Å²) >= 11 is 7.16. The molecule has 27 heavy (non-hydrogen) atoms. The van der Waals surface area contributed by atoms with Gasteiger partial charge in [-0.05, 0) is 48.9 Å². The first-order chi connectivity index (χ1) is 12.9. The second-order valence-corrected chi connectivity index (χ2v) is 7.06. The van der Waals surface area contributed by atoms with Gasteiger partial charge >= 0.3 is 5.56 Å². The largest absolute Gasteiger partial charge is 0.334 e. The average molecular weight is 402 g/mol. The van der Waals surface area contributed by atoms with Crippen molar-refractivity contribution in [2.45, 2.75) is 17.8 Å². The Balaban J connectivity index is 1.73. The number of nitrogen functional groups attached to an aromatic ring is 1. The number of hydrogen-bond donors (Lipinski definition) is 2. The van der Waals surface area contributed by atoms with Gasteiger partial charge in [0.25, 0.3) is 0 Å². The molecule has 0 saturated heterocycles. The maximum Gasteiger partial charge on any atom is 0.315 e. The normalized spacial score (nSPS) is 10.6. The van der Waals surface area contributed by atoms with E-state index in [1.54, 1.807) is 36.4 Å². The van der Waals surface area contributed by atoms with E-state index in [0.717, 1.165) is 10.2 Å². The van der Waals surface area contributed by atoms with E-state index in [1.165, 1.54) is 18.7 Å². The number of aromatic nitrogens is 3. The summed E-state index contributed by atoms with van der Waals surface area (Å²) in [6.07, 6.45) is 0. The molecular weight excluding hydrogens is 386 g/mol. The third kappa shape index (κ3) is 4.66. The molecule has 9 heteroatoms. The molecule has 7 nitrogen and oxygen atoms in total. The van der Waals surface area contributed by atoms with Gasteiger partial charge < -0.3 is 11.2 Å². The summed E-state index contributed by atoms with van der Waals surface area (Å²) in [6.45, 7) is 1.49. The maximum atomic E-state index is 12.4. The molecule has 3 rings (SSSR count). The first-order valence-electron chi connectivity index (χ1n) is 7.94. The van der Waals surface area contributed by atoms with Crippen LogP contribution in [0.3, 0.4) is 0 Å². The van der Waals surface area contributed by atoms with Crippen LogP contribution in [0.4, 0.5) is 11.5 Å². The number of hydrogen-bond acceptors (Lipinski definition) is 7. The Hall–Kier alpha value is -2.84. The van der Waals surface area contributed by atoms with Gasteiger partial charge in [-0.1, -0.05) is 35.5 Å². The van der Waals surface area contributed by atoms with E-state index >= 15 is 0 Å². The average Bonchev–Trinajstić information content (AvgIpc) is 2.66. The van der Waals surface area contributed by atoms with Crippen LogP contribution >= 0.6 is 23.4 Å². The zero-order chi connectivity index (χ0) is 19.4. The minimum absolute atomic E-state index is 0.00363. The Morgan fingerprint density at radius 1 is 1.15 bits per heavy atom. The number of carbonyl (C=O) groups excluding carboxylic acids is 1. The molecule has 0 fully saturated rings. The standard InChI is InChI=1S/C18H16ClN5O2S/c1-11(25)13-4-8-15(9-5-13)21-16-17(26)24(20)18(23-22-16)27-10-12-2-6-14(19)7-3-12/h2-9H,10,20H2,1H3,(H,21,22). The van der Waals surface area contributed by atoms with E-state index in [9.17, 15) is 9.59 Å². The first kappa shape index (κ1) is 18.9. The summed E-state index contributed by atoms with van der Waals surface area (Å²) in [6, 6.07) is 14.1. The van der Waals surface area contributed by atoms with Gasteiger partial charge in [0.2, 0.25) is 11.0 Å². The number of rotatable bonds is 6. The molecule has 1 heterocycles. The molecular formula is C18H16ClN5O2S. The van der Waals surface area contributed by atoms with Crippen LogP contribution in [0.15, 0.2) is 58.5 Å². The molecule has 1 aromatic heterocycles. The van der Waals surface area contributed by atoms with Gasteiger partial charge in [-0.2, -0.15) is 4.68 Å². The van der Waals surface area contributed by atoms with Crippen molar-refractivity contribution in [3.8, 4) is 0 Å². The zero-order valence-electron chi connectivity index (χ0n) is 14.3. The summed E-state index contributed by atoms with van der Waals surface area (Å²) in [5, 5.41) is 11.8. The lowest BCUT2D eigenvalue weighted by atomic mass is 10.1. The number of nitrogens with two attached hydrogens (primary N) is 1. The monoisotopic (exact) mass is 401 g/mol. The fourth-order valence-corrected chi connectivity index (χ4v) is 3.15. The van der Waals surface area contributed by atoms with E-state index < -0.39 is 5.56 Å². The molecule has 0 radical (unpaired) electrons. The van der Waals surface area contributed by atoms with Crippen LogP contribution in [-0.4, -0.2) is 20.7 Å². The Labute approximate surface area is 164 Å². The quantitative estimate of drug-likeness (QED) is 0.371. The predicted molar refractivity (Wildman–Crippen MR) is 107 cm³/mol. The van der Waals surface area contributed by atoms with E-state index in [2.05, 4.69) is 15.5 Å². The van der Waals surface area contributed by atoms with Crippen molar-refractivity contribution >= 4 is 40.7 Å². The minimum atomic E-state index is -0.501. The molecule has 0 amide bonds. The van der Waals surface area contributed by atoms with Crippen LogP contribution in [-0.2, 0) is 5.75 Å². The SMILES string of the molecule is CC(=O)c1ccc(Nc2nnc(SCc3ccc(Cl)cc3)n(N)c2=O)cc1. The molecule has 138 valence electrons. The third-order valence-electron chi connectivity index (χ3n) is 3.70. The molecule has 0 bridgehead atoms. The molecule has 3 N–H and O–H groups in total. The highest BCUT2D eigenvalue weighted by Gasteiger charge is 2.11. The Bertz CT molecular complexity index is 1020.